The van der Waals surface area contributed by atoms with Crippen LogP contribution in [0.25, 0.3) is 21.5 Å². The molecule has 0 unspecified atom stereocenters. The number of alkyl halides is 3. The van der Waals surface area contributed by atoms with Crippen LogP contribution in [0.3, 0.4) is 0 Å². The first-order valence-corrected chi connectivity index (χ1v) is 7.82. The second-order valence-corrected chi connectivity index (χ2v) is 5.71. The Morgan fingerprint density at radius 1 is 0.615 bits per heavy atom. The number of rotatable bonds is 0. The van der Waals surface area contributed by atoms with Crippen LogP contribution in [0.1, 0.15) is 5.56 Å². The topological polar surface area (TPSA) is 40.5 Å². The first-order chi connectivity index (χ1) is 12.4. The maximum absolute atomic E-state index is 12.6. The van der Waals surface area contributed by atoms with E-state index in [4.69, 9.17) is 5.11 Å². The number of aromatic hydroxyl groups is 2. The van der Waals surface area contributed by atoms with Crippen LogP contribution < -0.4 is 0 Å². The van der Waals surface area contributed by atoms with Crippen LogP contribution in [0.4, 0.5) is 13.2 Å². The predicted octanol–water partition coefficient (Wildman–Crippen LogP) is 6.11. The zero-order chi connectivity index (χ0) is 18.7. The zero-order valence-corrected chi connectivity index (χ0v) is 13.5. The van der Waals surface area contributed by atoms with E-state index in [1.165, 1.54) is 18.2 Å². The molecule has 2 nitrogen and oxygen atoms in total. The summed E-state index contributed by atoms with van der Waals surface area (Å²) in [6.07, 6.45) is -4.54. The molecule has 4 aromatic rings. The lowest BCUT2D eigenvalue weighted by molar-refractivity contribution is -0.137. The summed E-state index contributed by atoms with van der Waals surface area (Å²) in [4.78, 5) is 0. The van der Waals surface area contributed by atoms with Gasteiger partial charge in [0.1, 0.15) is 17.1 Å². The van der Waals surface area contributed by atoms with Crippen molar-refractivity contribution in [2.75, 3.05) is 0 Å². The lowest BCUT2D eigenvalue weighted by atomic mass is 10.0. The maximum atomic E-state index is 12.6. The molecular formula is C21H15F3O2. The van der Waals surface area contributed by atoms with Crippen molar-refractivity contribution in [3.8, 4) is 11.5 Å². The van der Waals surface area contributed by atoms with Crippen LogP contribution in [-0.4, -0.2) is 10.2 Å². The van der Waals surface area contributed by atoms with E-state index in [1.54, 1.807) is 24.3 Å². The van der Waals surface area contributed by atoms with Crippen LogP contribution in [0, 0.1) is 0 Å². The zero-order valence-electron chi connectivity index (χ0n) is 13.5. The Bertz CT molecular complexity index is 1060. The highest BCUT2D eigenvalue weighted by Gasteiger charge is 2.35. The molecule has 0 bridgehead atoms. The number of hydrogen-bond acceptors (Lipinski definition) is 2. The fraction of sp³-hybridized carbons (Fsp3) is 0.0476. The number of phenolic OH excluding ortho intramolecular Hbond substituents is 2. The number of halogens is 3. The first-order valence-electron chi connectivity index (χ1n) is 7.82. The highest BCUT2D eigenvalue weighted by molar-refractivity contribution is 5.88. The van der Waals surface area contributed by atoms with Crippen LogP contribution in [-0.2, 0) is 6.18 Å². The van der Waals surface area contributed by atoms with Gasteiger partial charge < -0.3 is 10.2 Å². The molecule has 26 heavy (non-hydrogen) atoms. The summed E-state index contributed by atoms with van der Waals surface area (Å²) in [7, 11) is 0. The third-order valence-corrected chi connectivity index (χ3v) is 3.92. The molecule has 0 spiro atoms. The molecule has 5 heteroatoms. The van der Waals surface area contributed by atoms with E-state index in [0.29, 0.717) is 11.1 Å². The summed E-state index contributed by atoms with van der Waals surface area (Å²) < 4.78 is 37.9. The van der Waals surface area contributed by atoms with Crippen molar-refractivity contribution in [3.63, 3.8) is 0 Å². The third kappa shape index (κ3) is 3.72. The van der Waals surface area contributed by atoms with Crippen molar-refractivity contribution in [3.05, 3.63) is 84.4 Å². The Kier molecular flexibility index (Phi) is 4.71. The smallest absolute Gasteiger partial charge is 0.420 e. The van der Waals surface area contributed by atoms with Gasteiger partial charge in [-0.15, -0.1) is 0 Å². The van der Waals surface area contributed by atoms with E-state index in [2.05, 4.69) is 0 Å². The maximum Gasteiger partial charge on any atom is 0.420 e. The lowest BCUT2D eigenvalue weighted by Crippen LogP contribution is -2.06. The molecule has 0 aliphatic rings. The van der Waals surface area contributed by atoms with E-state index < -0.39 is 17.5 Å². The van der Waals surface area contributed by atoms with Crippen molar-refractivity contribution in [1.29, 1.82) is 0 Å². The van der Waals surface area contributed by atoms with Gasteiger partial charge in [-0.25, -0.2) is 0 Å². The molecule has 0 atom stereocenters. The monoisotopic (exact) mass is 356 g/mol. The van der Waals surface area contributed by atoms with Crippen LogP contribution >= 0.6 is 0 Å². The molecule has 0 saturated carbocycles. The molecule has 0 fully saturated rings. The lowest BCUT2D eigenvalue weighted by Gasteiger charge is -2.11. The van der Waals surface area contributed by atoms with Gasteiger partial charge >= 0.3 is 6.18 Å². The average Bonchev–Trinajstić information content (AvgIpc) is 2.61. The SMILES string of the molecule is Oc1ccc2ccccc2c1.Oc1ccc2ccccc2c1C(F)(F)F. The van der Waals surface area contributed by atoms with Crippen molar-refractivity contribution < 1.29 is 23.4 Å². The second kappa shape index (κ2) is 6.96. The van der Waals surface area contributed by atoms with E-state index in [1.807, 2.05) is 30.3 Å². The molecule has 0 heterocycles. The molecular weight excluding hydrogens is 341 g/mol. The van der Waals surface area contributed by atoms with Gasteiger partial charge in [-0.1, -0.05) is 60.7 Å². The quantitative estimate of drug-likeness (QED) is 0.399. The Morgan fingerprint density at radius 2 is 1.19 bits per heavy atom. The Balaban J connectivity index is 0.000000158. The molecule has 132 valence electrons. The van der Waals surface area contributed by atoms with E-state index >= 15 is 0 Å². The van der Waals surface area contributed by atoms with Gasteiger partial charge in [-0.05, 0) is 39.7 Å². The van der Waals surface area contributed by atoms with Gasteiger partial charge in [-0.2, -0.15) is 13.2 Å². The largest absolute Gasteiger partial charge is 0.508 e. The summed E-state index contributed by atoms with van der Waals surface area (Å²) in [6, 6.07) is 21.9. The van der Waals surface area contributed by atoms with Gasteiger partial charge in [0.05, 0.1) is 0 Å². The van der Waals surface area contributed by atoms with Crippen LogP contribution in [0.15, 0.2) is 78.9 Å². The molecule has 4 rings (SSSR count). The average molecular weight is 356 g/mol. The van der Waals surface area contributed by atoms with Crippen molar-refractivity contribution in [2.45, 2.75) is 6.18 Å². The van der Waals surface area contributed by atoms with Crippen LogP contribution in [0.5, 0.6) is 11.5 Å². The number of fused-ring (bicyclic) bond motifs is 2. The predicted molar refractivity (Wildman–Crippen MR) is 96.2 cm³/mol. The minimum Gasteiger partial charge on any atom is -0.508 e. The number of phenols is 2. The number of hydrogen-bond donors (Lipinski definition) is 2. The molecule has 4 aromatic carbocycles. The Morgan fingerprint density at radius 3 is 1.88 bits per heavy atom. The van der Waals surface area contributed by atoms with Crippen LogP contribution in [0.2, 0.25) is 0 Å². The minimum absolute atomic E-state index is 0.0185. The van der Waals surface area contributed by atoms with Gasteiger partial charge in [0.15, 0.2) is 0 Å². The van der Waals surface area contributed by atoms with Gasteiger partial charge in [0.2, 0.25) is 0 Å². The standard InChI is InChI=1S/C11H7F3O.C10H8O/c12-11(13,14)10-8-4-2-1-3-7(8)5-6-9(10)15;11-10-6-5-8-3-1-2-4-9(8)7-10/h1-6,15H;1-7,11H. The second-order valence-electron chi connectivity index (χ2n) is 5.71. The Hall–Kier alpha value is -3.21. The molecule has 0 saturated heterocycles. The molecule has 2 N–H and O–H groups in total. The van der Waals surface area contributed by atoms with Crippen molar-refractivity contribution >= 4 is 21.5 Å². The van der Waals surface area contributed by atoms with Crippen molar-refractivity contribution in [1.82, 2.24) is 0 Å². The molecule has 0 aliphatic heterocycles. The van der Waals surface area contributed by atoms with Gasteiger partial charge in [0.25, 0.3) is 0 Å². The summed E-state index contributed by atoms with van der Waals surface area (Å²) in [5, 5.41) is 21.1. The summed E-state index contributed by atoms with van der Waals surface area (Å²) in [5.41, 5.74) is -0.972. The highest BCUT2D eigenvalue weighted by atomic mass is 19.4. The third-order valence-electron chi connectivity index (χ3n) is 3.92. The van der Waals surface area contributed by atoms with E-state index in [9.17, 15) is 18.3 Å². The molecule has 0 aliphatic carbocycles. The van der Waals surface area contributed by atoms with Gasteiger partial charge in [-0.3, -0.25) is 0 Å². The minimum atomic E-state index is -4.54. The van der Waals surface area contributed by atoms with E-state index in [-0.39, 0.29) is 5.39 Å². The van der Waals surface area contributed by atoms with E-state index in [0.717, 1.165) is 16.8 Å². The number of benzene rings is 4. The highest BCUT2D eigenvalue weighted by Crippen LogP contribution is 2.40. The molecule has 0 radical (unpaired) electrons. The summed E-state index contributed by atoms with van der Waals surface area (Å²) in [5.74, 6) is -0.412. The summed E-state index contributed by atoms with van der Waals surface area (Å²) in [6.45, 7) is 0. The summed E-state index contributed by atoms with van der Waals surface area (Å²) >= 11 is 0. The van der Waals surface area contributed by atoms with Crippen molar-refractivity contribution in [2.24, 2.45) is 0 Å². The fourth-order valence-corrected chi connectivity index (χ4v) is 2.73. The Labute approximate surface area is 147 Å². The fourth-order valence-electron chi connectivity index (χ4n) is 2.73. The first kappa shape index (κ1) is 17.6. The van der Waals surface area contributed by atoms with Gasteiger partial charge in [0, 0.05) is 0 Å². The normalized spacial score (nSPS) is 11.2. The molecule has 0 aromatic heterocycles. The molecule has 0 amide bonds.